The molecule has 1 aliphatic carbocycles. The third kappa shape index (κ3) is 2.20. The molecule has 1 heterocycles. The summed E-state index contributed by atoms with van der Waals surface area (Å²) in [5.74, 6) is 1.94. The van der Waals surface area contributed by atoms with E-state index in [-0.39, 0.29) is 0 Å². The molecule has 2 fully saturated rings. The molecule has 0 radical (unpaired) electrons. The molecule has 12 heavy (non-hydrogen) atoms. The topological polar surface area (TPSA) is 21.3 Å². The predicted molar refractivity (Wildman–Crippen MR) is 49.1 cm³/mol. The van der Waals surface area contributed by atoms with Crippen molar-refractivity contribution in [3.63, 3.8) is 0 Å². The summed E-state index contributed by atoms with van der Waals surface area (Å²) in [5, 5.41) is 3.51. The second-order valence-corrected chi connectivity index (χ2v) is 4.28. The molecule has 1 saturated heterocycles. The van der Waals surface area contributed by atoms with Crippen LogP contribution in [0.4, 0.5) is 0 Å². The zero-order valence-electron chi connectivity index (χ0n) is 7.88. The van der Waals surface area contributed by atoms with E-state index < -0.39 is 0 Å². The second kappa shape index (κ2) is 3.75. The summed E-state index contributed by atoms with van der Waals surface area (Å²) in [7, 11) is 0. The quantitative estimate of drug-likeness (QED) is 0.689. The van der Waals surface area contributed by atoms with Crippen molar-refractivity contribution in [3.05, 3.63) is 0 Å². The first-order chi connectivity index (χ1) is 5.86. The minimum Gasteiger partial charge on any atom is -0.379 e. The van der Waals surface area contributed by atoms with Crippen LogP contribution >= 0.6 is 0 Å². The first-order valence-electron chi connectivity index (χ1n) is 5.17. The van der Waals surface area contributed by atoms with Crippen molar-refractivity contribution in [2.45, 2.75) is 32.2 Å². The average Bonchev–Trinajstić information content (AvgIpc) is 2.88. The van der Waals surface area contributed by atoms with Gasteiger partial charge in [-0.05, 0) is 31.1 Å². The van der Waals surface area contributed by atoms with Gasteiger partial charge in [0.15, 0.2) is 0 Å². The molecule has 0 aromatic rings. The average molecular weight is 169 g/mol. The highest BCUT2D eigenvalue weighted by atomic mass is 16.5. The highest BCUT2D eigenvalue weighted by molar-refractivity contribution is 4.82. The summed E-state index contributed by atoms with van der Waals surface area (Å²) in [6, 6.07) is 0.634. The normalized spacial score (nSPS) is 33.2. The van der Waals surface area contributed by atoms with Crippen LogP contribution in [0.2, 0.25) is 0 Å². The highest BCUT2D eigenvalue weighted by Gasteiger charge is 2.29. The van der Waals surface area contributed by atoms with Gasteiger partial charge >= 0.3 is 0 Å². The maximum absolute atomic E-state index is 5.42. The standard InChI is InChI=1S/C10H19NO/c1-8(9-2-3-9)6-10-7-12-5-4-11-10/h8-11H,2-7H2,1H3. The summed E-state index contributed by atoms with van der Waals surface area (Å²) < 4.78 is 5.42. The Morgan fingerprint density at radius 3 is 2.92 bits per heavy atom. The molecule has 0 aromatic carbocycles. The van der Waals surface area contributed by atoms with Gasteiger partial charge < -0.3 is 10.1 Å². The van der Waals surface area contributed by atoms with Gasteiger partial charge in [0.2, 0.25) is 0 Å². The van der Waals surface area contributed by atoms with Gasteiger partial charge in [-0.25, -0.2) is 0 Å². The smallest absolute Gasteiger partial charge is 0.0620 e. The molecule has 2 rings (SSSR count). The number of hydrogen-bond donors (Lipinski definition) is 1. The van der Waals surface area contributed by atoms with E-state index in [4.69, 9.17) is 4.74 Å². The molecular weight excluding hydrogens is 150 g/mol. The Morgan fingerprint density at radius 2 is 2.33 bits per heavy atom. The van der Waals surface area contributed by atoms with Crippen LogP contribution in [-0.2, 0) is 4.74 Å². The van der Waals surface area contributed by atoms with Crippen LogP contribution in [0.3, 0.4) is 0 Å². The summed E-state index contributed by atoms with van der Waals surface area (Å²) in [6.45, 7) is 5.25. The molecule has 1 N–H and O–H groups in total. The van der Waals surface area contributed by atoms with E-state index in [1.807, 2.05) is 0 Å². The van der Waals surface area contributed by atoms with E-state index in [9.17, 15) is 0 Å². The zero-order valence-corrected chi connectivity index (χ0v) is 7.88. The van der Waals surface area contributed by atoms with Crippen LogP contribution in [-0.4, -0.2) is 25.8 Å². The Balaban J connectivity index is 1.69. The maximum Gasteiger partial charge on any atom is 0.0620 e. The minimum absolute atomic E-state index is 0.634. The van der Waals surface area contributed by atoms with Crippen molar-refractivity contribution in [2.24, 2.45) is 11.8 Å². The lowest BCUT2D eigenvalue weighted by Gasteiger charge is -2.26. The van der Waals surface area contributed by atoms with Crippen LogP contribution < -0.4 is 5.32 Å². The number of ether oxygens (including phenoxy) is 1. The summed E-state index contributed by atoms with van der Waals surface area (Å²) >= 11 is 0. The molecule has 1 aliphatic heterocycles. The molecule has 2 nitrogen and oxygen atoms in total. The van der Waals surface area contributed by atoms with Crippen LogP contribution in [0.15, 0.2) is 0 Å². The highest BCUT2D eigenvalue weighted by Crippen LogP contribution is 2.38. The predicted octanol–water partition coefficient (Wildman–Crippen LogP) is 1.41. The van der Waals surface area contributed by atoms with Gasteiger partial charge in [0.05, 0.1) is 13.2 Å². The molecule has 0 bridgehead atoms. The van der Waals surface area contributed by atoms with Crippen molar-refractivity contribution < 1.29 is 4.74 Å². The van der Waals surface area contributed by atoms with Gasteiger partial charge in [-0.2, -0.15) is 0 Å². The zero-order chi connectivity index (χ0) is 8.39. The molecule has 0 aromatic heterocycles. The molecule has 0 spiro atoms. The van der Waals surface area contributed by atoms with E-state index >= 15 is 0 Å². The number of morpholine rings is 1. The maximum atomic E-state index is 5.42. The van der Waals surface area contributed by atoms with E-state index in [0.29, 0.717) is 6.04 Å². The van der Waals surface area contributed by atoms with Gasteiger partial charge in [0.25, 0.3) is 0 Å². The largest absolute Gasteiger partial charge is 0.379 e. The lowest BCUT2D eigenvalue weighted by atomic mass is 9.97. The molecule has 2 atom stereocenters. The monoisotopic (exact) mass is 169 g/mol. The van der Waals surface area contributed by atoms with Crippen LogP contribution in [0.25, 0.3) is 0 Å². The van der Waals surface area contributed by atoms with Gasteiger partial charge in [0.1, 0.15) is 0 Å². The van der Waals surface area contributed by atoms with E-state index in [0.717, 1.165) is 31.6 Å². The van der Waals surface area contributed by atoms with Gasteiger partial charge in [-0.3, -0.25) is 0 Å². The van der Waals surface area contributed by atoms with Gasteiger partial charge in [-0.1, -0.05) is 6.92 Å². The first kappa shape index (κ1) is 8.52. The molecular formula is C10H19NO. The van der Waals surface area contributed by atoms with E-state index in [1.54, 1.807) is 0 Å². The molecule has 70 valence electrons. The Bertz CT molecular complexity index is 139. The fourth-order valence-corrected chi connectivity index (χ4v) is 2.08. The Kier molecular flexibility index (Phi) is 2.66. The second-order valence-electron chi connectivity index (χ2n) is 4.28. The minimum atomic E-state index is 0.634. The molecule has 2 heteroatoms. The molecule has 0 amide bonds. The fourth-order valence-electron chi connectivity index (χ4n) is 2.08. The van der Waals surface area contributed by atoms with Crippen molar-refractivity contribution in [1.29, 1.82) is 0 Å². The van der Waals surface area contributed by atoms with Gasteiger partial charge in [-0.15, -0.1) is 0 Å². The Labute approximate surface area is 74.7 Å². The van der Waals surface area contributed by atoms with Crippen molar-refractivity contribution >= 4 is 0 Å². The molecule has 2 aliphatic rings. The van der Waals surface area contributed by atoms with Crippen molar-refractivity contribution in [1.82, 2.24) is 5.32 Å². The van der Waals surface area contributed by atoms with Crippen LogP contribution in [0.5, 0.6) is 0 Å². The number of nitrogens with one attached hydrogen (secondary N) is 1. The first-order valence-corrected chi connectivity index (χ1v) is 5.17. The summed E-state index contributed by atoms with van der Waals surface area (Å²) in [5.41, 5.74) is 0. The van der Waals surface area contributed by atoms with Gasteiger partial charge in [0, 0.05) is 12.6 Å². The molecule has 2 unspecified atom stereocenters. The fraction of sp³-hybridized carbons (Fsp3) is 1.00. The SMILES string of the molecule is CC(CC1COCCN1)C1CC1. The number of hydrogen-bond acceptors (Lipinski definition) is 2. The summed E-state index contributed by atoms with van der Waals surface area (Å²) in [6.07, 6.45) is 4.24. The van der Waals surface area contributed by atoms with E-state index in [2.05, 4.69) is 12.2 Å². The Morgan fingerprint density at radius 1 is 1.50 bits per heavy atom. The van der Waals surface area contributed by atoms with Crippen molar-refractivity contribution in [3.8, 4) is 0 Å². The number of rotatable bonds is 3. The third-order valence-corrected chi connectivity index (χ3v) is 3.08. The van der Waals surface area contributed by atoms with Crippen LogP contribution in [0.1, 0.15) is 26.2 Å². The van der Waals surface area contributed by atoms with E-state index in [1.165, 1.54) is 19.3 Å². The van der Waals surface area contributed by atoms with Crippen LogP contribution in [0, 0.1) is 11.8 Å². The molecule has 1 saturated carbocycles. The lowest BCUT2D eigenvalue weighted by molar-refractivity contribution is 0.0682. The van der Waals surface area contributed by atoms with Crippen molar-refractivity contribution in [2.75, 3.05) is 19.8 Å². The Hall–Kier alpha value is -0.0800. The lowest BCUT2D eigenvalue weighted by Crippen LogP contribution is -2.42. The third-order valence-electron chi connectivity index (χ3n) is 3.08. The summed E-state index contributed by atoms with van der Waals surface area (Å²) in [4.78, 5) is 0.